The van der Waals surface area contributed by atoms with E-state index in [0.29, 0.717) is 23.4 Å². The predicted octanol–water partition coefficient (Wildman–Crippen LogP) is 2.90. The highest BCUT2D eigenvalue weighted by atomic mass is 16.5. The Morgan fingerprint density at radius 2 is 2.16 bits per heavy atom. The third kappa shape index (κ3) is 3.73. The monoisotopic (exact) mass is 342 g/mol. The van der Waals surface area contributed by atoms with Gasteiger partial charge < -0.3 is 14.6 Å². The second-order valence-electron chi connectivity index (χ2n) is 6.20. The number of carbonyl (C=O) groups excluding carboxylic acids is 2. The Bertz CT molecular complexity index is 781. The molecule has 0 saturated heterocycles. The topological polar surface area (TPSA) is 81.4 Å². The summed E-state index contributed by atoms with van der Waals surface area (Å²) in [6, 6.07) is 8.09. The maximum absolute atomic E-state index is 12.2. The number of hydrogen-bond acceptors (Lipinski definition) is 5. The van der Waals surface area contributed by atoms with Crippen LogP contribution in [0, 0.1) is 6.92 Å². The normalized spacial score (nSPS) is 16.2. The number of hydrogen-bond donors (Lipinski definition) is 1. The highest BCUT2D eigenvalue weighted by molar-refractivity contribution is 5.93. The van der Waals surface area contributed by atoms with Crippen molar-refractivity contribution >= 4 is 11.9 Å². The molecule has 0 radical (unpaired) electrons. The number of rotatable bonds is 5. The Hall–Kier alpha value is -2.63. The fraction of sp³-hybridized carbons (Fsp3) is 0.421. The van der Waals surface area contributed by atoms with Gasteiger partial charge in [-0.15, -0.1) is 0 Å². The number of nitrogens with zero attached hydrogens (tertiary/aromatic N) is 1. The van der Waals surface area contributed by atoms with E-state index < -0.39 is 5.97 Å². The molecule has 1 N–H and O–H groups in total. The molecule has 0 bridgehead atoms. The first-order chi connectivity index (χ1) is 12.1. The Labute approximate surface area is 146 Å². The van der Waals surface area contributed by atoms with E-state index >= 15 is 0 Å². The molecule has 6 nitrogen and oxygen atoms in total. The van der Waals surface area contributed by atoms with Crippen molar-refractivity contribution in [1.82, 2.24) is 10.5 Å². The third-order valence-electron chi connectivity index (χ3n) is 4.51. The van der Waals surface area contributed by atoms with Crippen LogP contribution in [-0.4, -0.2) is 23.6 Å². The van der Waals surface area contributed by atoms with E-state index in [1.807, 2.05) is 25.1 Å². The minimum absolute atomic E-state index is 0.0281. The summed E-state index contributed by atoms with van der Waals surface area (Å²) < 4.78 is 10.2. The van der Waals surface area contributed by atoms with Crippen LogP contribution in [0.3, 0.4) is 0 Å². The molecule has 1 aliphatic rings. The van der Waals surface area contributed by atoms with Gasteiger partial charge in [0, 0.05) is 0 Å². The largest absolute Gasteiger partial charge is 0.452 e. The van der Waals surface area contributed by atoms with Crippen molar-refractivity contribution in [3.05, 3.63) is 52.4 Å². The fourth-order valence-corrected chi connectivity index (χ4v) is 3.26. The molecule has 25 heavy (non-hydrogen) atoms. The SMILES string of the molecule is CCc1noc(C)c1C(=O)OCC(=O)N[C@@H]1CCCc2ccccc21. The lowest BCUT2D eigenvalue weighted by molar-refractivity contribution is -0.125. The van der Waals surface area contributed by atoms with Crippen molar-refractivity contribution in [3.63, 3.8) is 0 Å². The van der Waals surface area contributed by atoms with Crippen LogP contribution in [-0.2, 0) is 22.4 Å². The van der Waals surface area contributed by atoms with Crippen LogP contribution in [0.5, 0.6) is 0 Å². The first-order valence-electron chi connectivity index (χ1n) is 8.59. The van der Waals surface area contributed by atoms with E-state index in [9.17, 15) is 9.59 Å². The molecule has 1 heterocycles. The van der Waals surface area contributed by atoms with Crippen LogP contribution < -0.4 is 5.32 Å². The van der Waals surface area contributed by atoms with Gasteiger partial charge in [0.2, 0.25) is 0 Å². The summed E-state index contributed by atoms with van der Waals surface area (Å²) in [6.45, 7) is 3.22. The Morgan fingerprint density at radius 3 is 2.96 bits per heavy atom. The first kappa shape index (κ1) is 17.2. The lowest BCUT2D eigenvalue weighted by atomic mass is 9.88. The quantitative estimate of drug-likeness (QED) is 0.845. The fourth-order valence-electron chi connectivity index (χ4n) is 3.26. The number of aromatic nitrogens is 1. The molecule has 0 spiro atoms. The van der Waals surface area contributed by atoms with Crippen LogP contribution in [0.25, 0.3) is 0 Å². The Kier molecular flexibility index (Phi) is 5.16. The molecule has 0 fully saturated rings. The van der Waals surface area contributed by atoms with Gasteiger partial charge in [0.05, 0.1) is 11.7 Å². The van der Waals surface area contributed by atoms with Crippen molar-refractivity contribution in [2.75, 3.05) is 6.61 Å². The number of aryl methyl sites for hydroxylation is 3. The number of esters is 1. The molecular formula is C19H22N2O4. The summed E-state index contributed by atoms with van der Waals surface area (Å²) in [5.41, 5.74) is 3.28. The minimum atomic E-state index is -0.574. The van der Waals surface area contributed by atoms with E-state index in [1.54, 1.807) is 6.92 Å². The van der Waals surface area contributed by atoms with Crippen molar-refractivity contribution in [3.8, 4) is 0 Å². The van der Waals surface area contributed by atoms with Gasteiger partial charge in [-0.3, -0.25) is 4.79 Å². The molecule has 1 atom stereocenters. The Morgan fingerprint density at radius 1 is 1.36 bits per heavy atom. The zero-order valence-electron chi connectivity index (χ0n) is 14.5. The van der Waals surface area contributed by atoms with Crippen LogP contribution in [0.15, 0.2) is 28.8 Å². The van der Waals surface area contributed by atoms with Crippen molar-refractivity contribution in [1.29, 1.82) is 0 Å². The number of fused-ring (bicyclic) bond motifs is 1. The molecule has 0 saturated carbocycles. The van der Waals surface area contributed by atoms with Crippen molar-refractivity contribution < 1.29 is 18.8 Å². The molecule has 1 aliphatic carbocycles. The second kappa shape index (κ2) is 7.51. The summed E-state index contributed by atoms with van der Waals surface area (Å²) in [5.74, 6) is -0.472. The number of ether oxygens (including phenoxy) is 1. The zero-order valence-corrected chi connectivity index (χ0v) is 14.5. The van der Waals surface area contributed by atoms with E-state index in [1.165, 1.54) is 5.56 Å². The highest BCUT2D eigenvalue weighted by Gasteiger charge is 2.24. The average molecular weight is 342 g/mol. The summed E-state index contributed by atoms with van der Waals surface area (Å²) in [5, 5.41) is 6.79. The van der Waals surface area contributed by atoms with Gasteiger partial charge in [0.25, 0.3) is 5.91 Å². The highest BCUT2D eigenvalue weighted by Crippen LogP contribution is 2.29. The molecule has 2 aromatic rings. The molecule has 1 aromatic heterocycles. The maximum atomic E-state index is 12.2. The van der Waals surface area contributed by atoms with Crippen LogP contribution >= 0.6 is 0 Å². The molecule has 1 aromatic carbocycles. The van der Waals surface area contributed by atoms with Crippen LogP contribution in [0.2, 0.25) is 0 Å². The van der Waals surface area contributed by atoms with E-state index in [2.05, 4.69) is 16.5 Å². The summed E-state index contributed by atoms with van der Waals surface area (Å²) in [7, 11) is 0. The molecule has 1 amide bonds. The second-order valence-corrected chi connectivity index (χ2v) is 6.20. The van der Waals surface area contributed by atoms with Gasteiger partial charge in [0.15, 0.2) is 6.61 Å². The van der Waals surface area contributed by atoms with Gasteiger partial charge in [0.1, 0.15) is 11.3 Å². The molecule has 132 valence electrons. The van der Waals surface area contributed by atoms with Crippen LogP contribution in [0.1, 0.15) is 58.7 Å². The van der Waals surface area contributed by atoms with E-state index in [-0.39, 0.29) is 18.6 Å². The standard InChI is InChI=1S/C19H22N2O4/c1-3-15-18(12(2)25-21-15)19(23)24-11-17(22)20-16-10-6-8-13-7-4-5-9-14(13)16/h4-5,7,9,16H,3,6,8,10-11H2,1-2H3,(H,20,22)/t16-/m1/s1. The number of amides is 1. The maximum Gasteiger partial charge on any atom is 0.344 e. The van der Waals surface area contributed by atoms with E-state index in [0.717, 1.165) is 24.8 Å². The van der Waals surface area contributed by atoms with Gasteiger partial charge in [-0.2, -0.15) is 0 Å². The van der Waals surface area contributed by atoms with Crippen LogP contribution in [0.4, 0.5) is 0 Å². The lowest BCUT2D eigenvalue weighted by Crippen LogP contribution is -2.34. The van der Waals surface area contributed by atoms with Gasteiger partial charge in [-0.05, 0) is 43.7 Å². The minimum Gasteiger partial charge on any atom is -0.452 e. The Balaban J connectivity index is 1.59. The van der Waals surface area contributed by atoms with Gasteiger partial charge in [-0.25, -0.2) is 4.79 Å². The summed E-state index contributed by atoms with van der Waals surface area (Å²) >= 11 is 0. The summed E-state index contributed by atoms with van der Waals surface area (Å²) in [6.07, 6.45) is 3.51. The molecule has 3 rings (SSSR count). The molecule has 6 heteroatoms. The van der Waals surface area contributed by atoms with Gasteiger partial charge >= 0.3 is 5.97 Å². The number of benzene rings is 1. The molecular weight excluding hydrogens is 320 g/mol. The van der Waals surface area contributed by atoms with Gasteiger partial charge in [-0.1, -0.05) is 36.3 Å². The number of nitrogens with one attached hydrogen (secondary N) is 1. The summed E-state index contributed by atoms with van der Waals surface area (Å²) in [4.78, 5) is 24.4. The first-order valence-corrected chi connectivity index (χ1v) is 8.59. The average Bonchev–Trinajstić information content (AvgIpc) is 3.01. The molecule has 0 unspecified atom stereocenters. The van der Waals surface area contributed by atoms with E-state index in [4.69, 9.17) is 9.26 Å². The predicted molar refractivity (Wildman–Crippen MR) is 91.2 cm³/mol. The third-order valence-corrected chi connectivity index (χ3v) is 4.51. The number of carbonyl (C=O) groups is 2. The molecule has 0 aliphatic heterocycles. The van der Waals surface area contributed by atoms with Crippen molar-refractivity contribution in [2.45, 2.75) is 45.6 Å². The zero-order chi connectivity index (χ0) is 17.8. The smallest absolute Gasteiger partial charge is 0.344 e. The van der Waals surface area contributed by atoms with Crippen molar-refractivity contribution in [2.24, 2.45) is 0 Å². The lowest BCUT2D eigenvalue weighted by Gasteiger charge is -2.26.